The first kappa shape index (κ1) is 14.9. The minimum absolute atomic E-state index is 0.115. The fourth-order valence-corrected chi connectivity index (χ4v) is 2.86. The average molecular weight is 306 g/mol. The van der Waals surface area contributed by atoms with Gasteiger partial charge in [-0.25, -0.2) is 4.79 Å². The maximum Gasteiger partial charge on any atom is 0.315 e. The molecule has 0 unspecified atom stereocenters. The van der Waals surface area contributed by atoms with E-state index in [1.165, 1.54) is 9.77 Å². The van der Waals surface area contributed by atoms with Crippen molar-refractivity contribution in [3.05, 3.63) is 52.2 Å². The number of rotatable bonds is 6. The van der Waals surface area contributed by atoms with Gasteiger partial charge < -0.3 is 10.6 Å². The van der Waals surface area contributed by atoms with E-state index in [2.05, 4.69) is 28.8 Å². The zero-order valence-electron chi connectivity index (χ0n) is 11.4. The van der Waals surface area contributed by atoms with Gasteiger partial charge in [0.1, 0.15) is 0 Å². The van der Waals surface area contributed by atoms with Crippen LogP contribution in [0.1, 0.15) is 10.4 Å². The van der Waals surface area contributed by atoms with Crippen LogP contribution < -0.4 is 10.6 Å². The standard InChI is InChI=1S/C15H18N2OS2/c1-19-13-6-4-12(5-7-13)11-17-15(18)16-9-8-14-3-2-10-20-14/h2-7,10H,8-9,11H2,1H3,(H2,16,17,18). The third-order valence-corrected chi connectivity index (χ3v) is 4.53. The number of hydrogen-bond donors (Lipinski definition) is 2. The highest BCUT2D eigenvalue weighted by molar-refractivity contribution is 7.98. The first-order chi connectivity index (χ1) is 9.78. The first-order valence-corrected chi connectivity index (χ1v) is 8.55. The molecular formula is C15H18N2OS2. The van der Waals surface area contributed by atoms with Gasteiger partial charge in [0.05, 0.1) is 0 Å². The number of nitrogens with one attached hydrogen (secondary N) is 2. The molecule has 106 valence electrons. The third-order valence-electron chi connectivity index (χ3n) is 2.85. The van der Waals surface area contributed by atoms with Crippen LogP contribution in [0.15, 0.2) is 46.7 Å². The second kappa shape index (κ2) is 7.97. The summed E-state index contributed by atoms with van der Waals surface area (Å²) in [6.07, 6.45) is 2.93. The maximum atomic E-state index is 11.6. The van der Waals surface area contributed by atoms with Crippen molar-refractivity contribution in [1.29, 1.82) is 0 Å². The highest BCUT2D eigenvalue weighted by Crippen LogP contribution is 2.14. The SMILES string of the molecule is CSc1ccc(CNC(=O)NCCc2cccs2)cc1. The molecule has 3 nitrogen and oxygen atoms in total. The summed E-state index contributed by atoms with van der Waals surface area (Å²) in [4.78, 5) is 14.2. The van der Waals surface area contributed by atoms with E-state index >= 15 is 0 Å². The Hall–Kier alpha value is -1.46. The molecule has 0 fully saturated rings. The Kier molecular flexibility index (Phi) is 5.95. The van der Waals surface area contributed by atoms with Crippen LogP contribution in [0.3, 0.4) is 0 Å². The van der Waals surface area contributed by atoms with Gasteiger partial charge in [0.2, 0.25) is 0 Å². The van der Waals surface area contributed by atoms with Crippen molar-refractivity contribution >= 4 is 29.1 Å². The summed E-state index contributed by atoms with van der Waals surface area (Å²) in [5.41, 5.74) is 1.11. The molecule has 2 amide bonds. The van der Waals surface area contributed by atoms with E-state index < -0.39 is 0 Å². The van der Waals surface area contributed by atoms with Gasteiger partial charge in [0.15, 0.2) is 0 Å². The topological polar surface area (TPSA) is 41.1 Å². The van der Waals surface area contributed by atoms with Gasteiger partial charge in [-0.3, -0.25) is 0 Å². The van der Waals surface area contributed by atoms with E-state index in [1.54, 1.807) is 23.1 Å². The summed E-state index contributed by atoms with van der Waals surface area (Å²) in [6.45, 7) is 1.22. The molecular weight excluding hydrogens is 288 g/mol. The zero-order valence-corrected chi connectivity index (χ0v) is 13.0. The Balaban J connectivity index is 1.66. The number of thioether (sulfide) groups is 1. The number of benzene rings is 1. The Labute approximate surface area is 127 Å². The van der Waals surface area contributed by atoms with Crippen molar-refractivity contribution in [2.75, 3.05) is 12.8 Å². The number of amides is 2. The molecule has 0 atom stereocenters. The minimum Gasteiger partial charge on any atom is -0.338 e. The predicted molar refractivity (Wildman–Crippen MR) is 86.5 cm³/mol. The van der Waals surface area contributed by atoms with Crippen molar-refractivity contribution < 1.29 is 4.79 Å². The summed E-state index contributed by atoms with van der Waals surface area (Å²) in [5.74, 6) is 0. The van der Waals surface area contributed by atoms with Crippen LogP contribution in [-0.4, -0.2) is 18.8 Å². The molecule has 0 aliphatic rings. The van der Waals surface area contributed by atoms with Crippen LogP contribution in [0.25, 0.3) is 0 Å². The summed E-state index contributed by atoms with van der Waals surface area (Å²) in [6, 6.07) is 12.2. The van der Waals surface area contributed by atoms with Gasteiger partial charge >= 0.3 is 6.03 Å². The van der Waals surface area contributed by atoms with E-state index in [4.69, 9.17) is 0 Å². The highest BCUT2D eigenvalue weighted by atomic mass is 32.2. The molecule has 0 saturated carbocycles. The monoisotopic (exact) mass is 306 g/mol. The van der Waals surface area contributed by atoms with Crippen LogP contribution >= 0.6 is 23.1 Å². The van der Waals surface area contributed by atoms with Crippen LogP contribution in [0.4, 0.5) is 4.79 Å². The molecule has 0 aliphatic heterocycles. The lowest BCUT2D eigenvalue weighted by atomic mass is 10.2. The molecule has 5 heteroatoms. The first-order valence-electron chi connectivity index (χ1n) is 6.45. The van der Waals surface area contributed by atoms with Gasteiger partial charge in [0.25, 0.3) is 0 Å². The summed E-state index contributed by atoms with van der Waals surface area (Å²) in [7, 11) is 0. The fourth-order valence-electron chi connectivity index (χ4n) is 1.74. The Bertz CT molecular complexity index is 523. The molecule has 0 spiro atoms. The van der Waals surface area contributed by atoms with Crippen LogP contribution in [0.5, 0.6) is 0 Å². The van der Waals surface area contributed by atoms with Crippen molar-refractivity contribution in [3.8, 4) is 0 Å². The lowest BCUT2D eigenvalue weighted by molar-refractivity contribution is 0.240. The van der Waals surface area contributed by atoms with Gasteiger partial charge in [-0.05, 0) is 41.8 Å². The lowest BCUT2D eigenvalue weighted by Gasteiger charge is -2.07. The average Bonchev–Trinajstić information content (AvgIpc) is 2.99. The molecule has 1 aromatic heterocycles. The van der Waals surface area contributed by atoms with Crippen LogP contribution in [0, 0.1) is 0 Å². The van der Waals surface area contributed by atoms with Crippen molar-refractivity contribution in [3.63, 3.8) is 0 Å². The van der Waals surface area contributed by atoms with E-state index in [1.807, 2.05) is 29.8 Å². The molecule has 1 aromatic carbocycles. The molecule has 20 heavy (non-hydrogen) atoms. The largest absolute Gasteiger partial charge is 0.338 e. The lowest BCUT2D eigenvalue weighted by Crippen LogP contribution is -2.36. The Morgan fingerprint density at radius 2 is 2.00 bits per heavy atom. The molecule has 0 radical (unpaired) electrons. The second-order valence-electron chi connectivity index (χ2n) is 4.29. The minimum atomic E-state index is -0.115. The summed E-state index contributed by atoms with van der Waals surface area (Å²) >= 11 is 3.43. The Morgan fingerprint density at radius 1 is 1.20 bits per heavy atom. The number of hydrogen-bond acceptors (Lipinski definition) is 3. The molecule has 0 aliphatic carbocycles. The third kappa shape index (κ3) is 4.90. The Morgan fingerprint density at radius 3 is 2.65 bits per heavy atom. The fraction of sp³-hybridized carbons (Fsp3) is 0.267. The van der Waals surface area contributed by atoms with Crippen molar-refractivity contribution in [2.45, 2.75) is 17.9 Å². The molecule has 0 bridgehead atoms. The summed E-state index contributed by atoms with van der Waals surface area (Å²) in [5, 5.41) is 7.78. The molecule has 1 heterocycles. The van der Waals surface area contributed by atoms with Gasteiger partial charge in [-0.1, -0.05) is 18.2 Å². The molecule has 2 rings (SSSR count). The number of carbonyl (C=O) groups excluding carboxylic acids is 1. The smallest absolute Gasteiger partial charge is 0.315 e. The number of thiophene rings is 1. The zero-order chi connectivity index (χ0) is 14.2. The number of carbonyl (C=O) groups is 1. The van der Waals surface area contributed by atoms with Gasteiger partial charge in [-0.15, -0.1) is 23.1 Å². The van der Waals surface area contributed by atoms with Gasteiger partial charge in [-0.2, -0.15) is 0 Å². The number of urea groups is 1. The second-order valence-corrected chi connectivity index (χ2v) is 6.20. The van der Waals surface area contributed by atoms with E-state index in [-0.39, 0.29) is 6.03 Å². The van der Waals surface area contributed by atoms with E-state index in [0.29, 0.717) is 13.1 Å². The normalized spacial score (nSPS) is 10.2. The van der Waals surface area contributed by atoms with Crippen LogP contribution in [0.2, 0.25) is 0 Å². The van der Waals surface area contributed by atoms with E-state index in [0.717, 1.165) is 12.0 Å². The predicted octanol–water partition coefficient (Wildman–Crippen LogP) is 3.51. The molecule has 0 saturated heterocycles. The quantitative estimate of drug-likeness (QED) is 0.802. The van der Waals surface area contributed by atoms with Gasteiger partial charge in [0, 0.05) is 22.9 Å². The van der Waals surface area contributed by atoms with Crippen molar-refractivity contribution in [1.82, 2.24) is 10.6 Å². The maximum absolute atomic E-state index is 11.6. The summed E-state index contributed by atoms with van der Waals surface area (Å²) < 4.78 is 0. The molecule has 2 aromatic rings. The molecule has 2 N–H and O–H groups in total. The van der Waals surface area contributed by atoms with Crippen LogP contribution in [-0.2, 0) is 13.0 Å². The van der Waals surface area contributed by atoms with Crippen molar-refractivity contribution in [2.24, 2.45) is 0 Å². The highest BCUT2D eigenvalue weighted by Gasteiger charge is 2.01. The van der Waals surface area contributed by atoms with E-state index in [9.17, 15) is 4.79 Å².